The number of anilines is 2. The Bertz CT molecular complexity index is 235. The van der Waals surface area contributed by atoms with E-state index in [1.165, 1.54) is 10.6 Å². The molecular formula is C9H16N2Si. The fourth-order valence-corrected chi connectivity index (χ4v) is 2.28. The van der Waals surface area contributed by atoms with Gasteiger partial charge in [-0.3, -0.25) is 0 Å². The van der Waals surface area contributed by atoms with Crippen LogP contribution in [0.15, 0.2) is 18.2 Å². The van der Waals surface area contributed by atoms with Crippen molar-refractivity contribution in [1.82, 2.24) is 0 Å². The van der Waals surface area contributed by atoms with Gasteiger partial charge in [-0.15, -0.1) is 0 Å². The lowest BCUT2D eigenvalue weighted by molar-refractivity contribution is 1.14. The maximum absolute atomic E-state index is 2.20. The van der Waals surface area contributed by atoms with Gasteiger partial charge in [-0.05, 0) is 12.1 Å². The van der Waals surface area contributed by atoms with Crippen molar-refractivity contribution in [2.75, 3.05) is 38.0 Å². The maximum Gasteiger partial charge on any atom is 0.0803 e. The lowest BCUT2D eigenvalue weighted by Crippen LogP contribution is -2.15. The second-order valence-electron chi connectivity index (χ2n) is 3.31. The highest BCUT2D eigenvalue weighted by molar-refractivity contribution is 6.48. The third kappa shape index (κ3) is 2.07. The van der Waals surface area contributed by atoms with Gasteiger partial charge in [-0.25, -0.2) is 0 Å². The quantitative estimate of drug-likeness (QED) is 0.624. The average Bonchev–Trinajstić information content (AvgIpc) is 2.04. The Balaban J connectivity index is 2.96. The highest BCUT2D eigenvalue weighted by atomic mass is 28.2. The number of hydrogen-bond acceptors (Lipinski definition) is 2. The Labute approximate surface area is 76.5 Å². The molecule has 0 bridgehead atoms. The van der Waals surface area contributed by atoms with Crippen LogP contribution in [0.5, 0.6) is 0 Å². The van der Waals surface area contributed by atoms with Crippen LogP contribution in [0.2, 0.25) is 0 Å². The summed E-state index contributed by atoms with van der Waals surface area (Å²) in [4.78, 5) is 4.39. The molecule has 0 N–H and O–H groups in total. The molecule has 0 aromatic carbocycles. The van der Waals surface area contributed by atoms with Crippen molar-refractivity contribution < 1.29 is 0 Å². The predicted octanol–water partition coefficient (Wildman–Crippen LogP) is 0.889. The number of nitrogens with zero attached hydrogens (tertiary/aromatic N) is 2. The standard InChI is InChI=1S/C9H16N2Si/c1-10(2)8-6-5-7-9(12-8)11(3)4/h5-7,12H,1-4H3. The zero-order valence-electron chi connectivity index (χ0n) is 8.20. The van der Waals surface area contributed by atoms with E-state index in [9.17, 15) is 0 Å². The fraction of sp³-hybridized carbons (Fsp3) is 0.444. The van der Waals surface area contributed by atoms with Crippen LogP contribution in [0.3, 0.4) is 0 Å². The van der Waals surface area contributed by atoms with Gasteiger partial charge in [-0.2, -0.15) is 0 Å². The van der Waals surface area contributed by atoms with Gasteiger partial charge in [0.05, 0.1) is 9.12 Å². The Morgan fingerprint density at radius 3 is 1.67 bits per heavy atom. The zero-order valence-corrected chi connectivity index (χ0v) is 9.36. The van der Waals surface area contributed by atoms with E-state index in [0.29, 0.717) is 0 Å². The molecular weight excluding hydrogens is 164 g/mol. The van der Waals surface area contributed by atoms with E-state index in [0.717, 1.165) is 0 Å². The highest BCUT2D eigenvalue weighted by Crippen LogP contribution is 2.12. The van der Waals surface area contributed by atoms with Crippen molar-refractivity contribution in [1.29, 1.82) is 0 Å². The second-order valence-corrected chi connectivity index (χ2v) is 4.78. The topological polar surface area (TPSA) is 6.48 Å². The summed E-state index contributed by atoms with van der Waals surface area (Å²) in [5.74, 6) is 0. The molecule has 66 valence electrons. The molecule has 0 radical (unpaired) electrons. The van der Waals surface area contributed by atoms with Crippen LogP contribution in [-0.4, -0.2) is 37.3 Å². The zero-order chi connectivity index (χ0) is 9.14. The van der Waals surface area contributed by atoms with E-state index in [4.69, 9.17) is 0 Å². The summed E-state index contributed by atoms with van der Waals surface area (Å²) in [6.07, 6.45) is 0. The van der Waals surface area contributed by atoms with Crippen LogP contribution in [0.4, 0.5) is 10.6 Å². The first-order valence-corrected chi connectivity index (χ1v) is 5.21. The predicted molar refractivity (Wildman–Crippen MR) is 57.8 cm³/mol. The van der Waals surface area contributed by atoms with Gasteiger partial charge in [0.15, 0.2) is 0 Å². The average molecular weight is 180 g/mol. The molecule has 0 spiro atoms. The molecule has 0 fully saturated rings. The minimum Gasteiger partial charge on any atom is -0.382 e. The Morgan fingerprint density at radius 2 is 1.33 bits per heavy atom. The van der Waals surface area contributed by atoms with Crippen molar-refractivity contribution in [2.45, 2.75) is 0 Å². The minimum absolute atomic E-state index is 0.286. The lowest BCUT2D eigenvalue weighted by Gasteiger charge is -2.17. The second kappa shape index (κ2) is 3.71. The van der Waals surface area contributed by atoms with Gasteiger partial charge in [0.25, 0.3) is 0 Å². The van der Waals surface area contributed by atoms with E-state index in [1.807, 2.05) is 0 Å². The Morgan fingerprint density at radius 1 is 0.917 bits per heavy atom. The molecule has 0 aliphatic heterocycles. The third-order valence-electron chi connectivity index (χ3n) is 1.86. The van der Waals surface area contributed by atoms with Crippen LogP contribution in [0, 0.1) is 0 Å². The smallest absolute Gasteiger partial charge is 0.0803 e. The van der Waals surface area contributed by atoms with Crippen molar-refractivity contribution in [2.24, 2.45) is 0 Å². The van der Waals surface area contributed by atoms with E-state index in [-0.39, 0.29) is 9.12 Å². The summed E-state index contributed by atoms with van der Waals surface area (Å²) >= 11 is 0. The normalized spacial score (nSPS) is 9.67. The van der Waals surface area contributed by atoms with Gasteiger partial charge in [0.2, 0.25) is 0 Å². The lowest BCUT2D eigenvalue weighted by atomic mass is 10.5. The van der Waals surface area contributed by atoms with Crippen LogP contribution in [-0.2, 0) is 0 Å². The van der Waals surface area contributed by atoms with Gasteiger partial charge >= 0.3 is 0 Å². The molecule has 0 unspecified atom stereocenters. The molecule has 0 saturated heterocycles. The van der Waals surface area contributed by atoms with Gasteiger partial charge in [-0.1, -0.05) is 6.07 Å². The molecule has 3 heteroatoms. The van der Waals surface area contributed by atoms with E-state index >= 15 is 0 Å². The van der Waals surface area contributed by atoms with Gasteiger partial charge in [0.1, 0.15) is 0 Å². The van der Waals surface area contributed by atoms with Gasteiger partial charge < -0.3 is 9.80 Å². The first kappa shape index (κ1) is 9.26. The monoisotopic (exact) mass is 180 g/mol. The molecule has 0 aliphatic carbocycles. The number of hydrogen-bond donors (Lipinski definition) is 0. The summed E-state index contributed by atoms with van der Waals surface area (Å²) in [7, 11) is 8.70. The summed E-state index contributed by atoms with van der Waals surface area (Å²) in [5, 5.41) is 2.89. The first-order valence-electron chi connectivity index (χ1n) is 4.06. The van der Waals surface area contributed by atoms with Crippen molar-refractivity contribution >= 4 is 19.7 Å². The molecule has 0 amide bonds. The van der Waals surface area contributed by atoms with Crippen LogP contribution in [0.25, 0.3) is 0 Å². The molecule has 0 atom stereocenters. The van der Waals surface area contributed by atoms with Crippen LogP contribution < -0.4 is 9.80 Å². The maximum atomic E-state index is 2.20. The molecule has 0 saturated carbocycles. The summed E-state index contributed by atoms with van der Waals surface area (Å²) < 4.78 is 0. The van der Waals surface area contributed by atoms with Crippen molar-refractivity contribution in [3.63, 3.8) is 0 Å². The molecule has 1 heterocycles. The summed E-state index contributed by atoms with van der Waals surface area (Å²) in [5.41, 5.74) is 0. The molecule has 2 nitrogen and oxygen atoms in total. The third-order valence-corrected chi connectivity index (χ3v) is 3.87. The summed E-state index contributed by atoms with van der Waals surface area (Å²) in [6, 6.07) is 6.52. The SMILES string of the molecule is CN(C)c1cccc(N(C)C)[siH]1. The number of rotatable bonds is 2. The van der Waals surface area contributed by atoms with Crippen molar-refractivity contribution in [3.8, 4) is 0 Å². The van der Waals surface area contributed by atoms with E-state index < -0.39 is 0 Å². The minimum atomic E-state index is 0.286. The molecule has 1 aromatic heterocycles. The first-order chi connectivity index (χ1) is 5.61. The molecule has 0 aliphatic rings. The molecule has 1 rings (SSSR count). The Kier molecular flexibility index (Phi) is 2.86. The van der Waals surface area contributed by atoms with Crippen LogP contribution in [0.1, 0.15) is 0 Å². The summed E-state index contributed by atoms with van der Waals surface area (Å²) in [6.45, 7) is 0. The Hall–Kier alpha value is -0.833. The van der Waals surface area contributed by atoms with E-state index in [1.54, 1.807) is 0 Å². The van der Waals surface area contributed by atoms with Gasteiger partial charge in [0, 0.05) is 38.8 Å². The van der Waals surface area contributed by atoms with Crippen LogP contribution >= 0.6 is 0 Å². The largest absolute Gasteiger partial charge is 0.382 e. The van der Waals surface area contributed by atoms with E-state index in [2.05, 4.69) is 56.2 Å². The molecule has 12 heavy (non-hydrogen) atoms. The fourth-order valence-electron chi connectivity index (χ4n) is 1.05. The highest BCUT2D eigenvalue weighted by Gasteiger charge is 1.97. The van der Waals surface area contributed by atoms with Crippen molar-refractivity contribution in [3.05, 3.63) is 18.2 Å². The molecule has 1 aromatic rings.